The summed E-state index contributed by atoms with van der Waals surface area (Å²) in [6.45, 7) is 9.56. The van der Waals surface area contributed by atoms with Gasteiger partial charge in [-0.15, -0.1) is 0 Å². The van der Waals surface area contributed by atoms with Crippen LogP contribution in [0.5, 0.6) is 0 Å². The first kappa shape index (κ1) is 18.4. The lowest BCUT2D eigenvalue weighted by Gasteiger charge is -2.08. The second-order valence-electron chi connectivity index (χ2n) is 4.61. The summed E-state index contributed by atoms with van der Waals surface area (Å²) < 4.78 is 15.0. The molecule has 0 aliphatic heterocycles. The van der Waals surface area contributed by atoms with Crippen molar-refractivity contribution in [2.75, 3.05) is 33.0 Å². The van der Waals surface area contributed by atoms with Gasteiger partial charge in [0.1, 0.15) is 6.61 Å². The van der Waals surface area contributed by atoms with Crippen molar-refractivity contribution in [2.24, 2.45) is 5.92 Å². The van der Waals surface area contributed by atoms with Crippen LogP contribution in [-0.2, 0) is 19.0 Å². The van der Waals surface area contributed by atoms with Gasteiger partial charge >= 0.3 is 12.1 Å². The highest BCUT2D eigenvalue weighted by molar-refractivity contribution is 5.81. The van der Waals surface area contributed by atoms with E-state index in [0.717, 1.165) is 25.5 Å². The van der Waals surface area contributed by atoms with Crippen LogP contribution in [0.15, 0.2) is 12.7 Å². The van der Waals surface area contributed by atoms with Gasteiger partial charge in [-0.25, -0.2) is 9.59 Å². The van der Waals surface area contributed by atoms with Crippen LogP contribution in [-0.4, -0.2) is 45.0 Å². The van der Waals surface area contributed by atoms with E-state index in [1.165, 1.54) is 0 Å². The molecule has 6 nitrogen and oxygen atoms in total. The summed E-state index contributed by atoms with van der Waals surface area (Å²) in [6, 6.07) is 0. The fourth-order valence-corrected chi connectivity index (χ4v) is 1.20. The third kappa shape index (κ3) is 12.9. The van der Waals surface area contributed by atoms with Crippen LogP contribution in [0.4, 0.5) is 4.79 Å². The Morgan fingerprint density at radius 1 is 1.15 bits per heavy atom. The van der Waals surface area contributed by atoms with Crippen LogP contribution in [0, 0.1) is 5.92 Å². The average Bonchev–Trinajstić information content (AvgIpc) is 2.41. The molecule has 6 heteroatoms. The van der Waals surface area contributed by atoms with Crippen molar-refractivity contribution in [3.8, 4) is 0 Å². The van der Waals surface area contributed by atoms with E-state index in [1.807, 2.05) is 0 Å². The van der Waals surface area contributed by atoms with Gasteiger partial charge in [0.25, 0.3) is 0 Å². The predicted octanol–water partition coefficient (Wildman–Crippen LogP) is 1.89. The fraction of sp³-hybridized carbons (Fsp3) is 0.714. The van der Waals surface area contributed by atoms with Crippen LogP contribution >= 0.6 is 0 Å². The van der Waals surface area contributed by atoms with Gasteiger partial charge < -0.3 is 19.5 Å². The first-order valence-electron chi connectivity index (χ1n) is 6.83. The topological polar surface area (TPSA) is 73.9 Å². The highest BCUT2D eigenvalue weighted by Crippen LogP contribution is 1.96. The summed E-state index contributed by atoms with van der Waals surface area (Å²) in [5.74, 6) is 0.0220. The molecular weight excluding hydrogens is 262 g/mol. The Hall–Kier alpha value is -1.56. The number of esters is 1. The number of hydrogen-bond donors (Lipinski definition) is 1. The lowest BCUT2D eigenvalue weighted by Crippen LogP contribution is -2.28. The van der Waals surface area contributed by atoms with E-state index in [-0.39, 0.29) is 13.2 Å². The first-order chi connectivity index (χ1) is 9.56. The molecule has 0 aromatic rings. The Morgan fingerprint density at radius 3 is 2.50 bits per heavy atom. The number of alkyl carbamates (subject to hydrolysis) is 1. The maximum Gasteiger partial charge on any atom is 0.407 e. The molecule has 0 fully saturated rings. The maximum atomic E-state index is 11.2. The SMILES string of the molecule is C=CC(=O)OCCNC(=O)OCCCCOCC(C)C. The second-order valence-corrected chi connectivity index (χ2v) is 4.61. The zero-order valence-corrected chi connectivity index (χ0v) is 12.4. The monoisotopic (exact) mass is 287 g/mol. The van der Waals surface area contributed by atoms with Crippen LogP contribution in [0.1, 0.15) is 26.7 Å². The molecule has 0 saturated carbocycles. The predicted molar refractivity (Wildman–Crippen MR) is 75.4 cm³/mol. The molecule has 116 valence electrons. The molecule has 20 heavy (non-hydrogen) atoms. The third-order valence-electron chi connectivity index (χ3n) is 2.15. The number of carbonyl (C=O) groups is 2. The number of carbonyl (C=O) groups excluding carboxylic acids is 2. The van der Waals surface area contributed by atoms with Gasteiger partial charge in [0.2, 0.25) is 0 Å². The lowest BCUT2D eigenvalue weighted by atomic mass is 10.2. The molecule has 0 unspecified atom stereocenters. The number of rotatable bonds is 11. The Kier molecular flexibility index (Phi) is 11.5. The summed E-state index contributed by atoms with van der Waals surface area (Å²) in [6.07, 6.45) is 2.18. The summed E-state index contributed by atoms with van der Waals surface area (Å²) in [5, 5.41) is 2.48. The fourth-order valence-electron chi connectivity index (χ4n) is 1.20. The Balaban J connectivity index is 3.28. The van der Waals surface area contributed by atoms with E-state index in [2.05, 4.69) is 30.5 Å². The van der Waals surface area contributed by atoms with Gasteiger partial charge in [-0.1, -0.05) is 20.4 Å². The maximum absolute atomic E-state index is 11.2. The molecule has 0 atom stereocenters. The minimum absolute atomic E-state index is 0.100. The minimum atomic E-state index is -0.512. The number of hydrogen-bond acceptors (Lipinski definition) is 5. The quantitative estimate of drug-likeness (QED) is 0.357. The number of unbranched alkanes of at least 4 members (excludes halogenated alkanes) is 1. The summed E-state index contributed by atoms with van der Waals surface area (Å²) in [4.78, 5) is 21.9. The van der Waals surface area contributed by atoms with Gasteiger partial charge in [0.05, 0.1) is 13.2 Å². The van der Waals surface area contributed by atoms with Crippen LogP contribution in [0.2, 0.25) is 0 Å². The number of nitrogens with one attached hydrogen (secondary N) is 1. The molecular formula is C14H25NO5. The van der Waals surface area contributed by atoms with Gasteiger partial charge in [-0.3, -0.25) is 0 Å². The van der Waals surface area contributed by atoms with E-state index < -0.39 is 12.1 Å². The van der Waals surface area contributed by atoms with Crippen molar-refractivity contribution < 1.29 is 23.8 Å². The van der Waals surface area contributed by atoms with Crippen LogP contribution in [0.25, 0.3) is 0 Å². The molecule has 0 radical (unpaired) electrons. The van der Waals surface area contributed by atoms with Crippen molar-refractivity contribution in [1.82, 2.24) is 5.32 Å². The summed E-state index contributed by atoms with van der Waals surface area (Å²) in [7, 11) is 0. The Bertz CT molecular complexity index is 291. The van der Waals surface area contributed by atoms with Crippen molar-refractivity contribution in [1.29, 1.82) is 0 Å². The highest BCUT2D eigenvalue weighted by atomic mass is 16.6. The molecule has 1 amide bonds. The molecule has 0 rings (SSSR count). The number of amides is 1. The third-order valence-corrected chi connectivity index (χ3v) is 2.15. The molecule has 0 aliphatic rings. The largest absolute Gasteiger partial charge is 0.461 e. The lowest BCUT2D eigenvalue weighted by molar-refractivity contribution is -0.137. The molecule has 0 heterocycles. The number of ether oxygens (including phenoxy) is 3. The molecule has 0 bridgehead atoms. The second kappa shape index (κ2) is 12.5. The van der Waals surface area contributed by atoms with Crippen molar-refractivity contribution in [3.63, 3.8) is 0 Å². The van der Waals surface area contributed by atoms with E-state index in [1.54, 1.807) is 0 Å². The van der Waals surface area contributed by atoms with E-state index in [9.17, 15) is 9.59 Å². The van der Waals surface area contributed by atoms with Crippen LogP contribution < -0.4 is 5.32 Å². The van der Waals surface area contributed by atoms with Gasteiger partial charge in [0.15, 0.2) is 0 Å². The zero-order valence-electron chi connectivity index (χ0n) is 12.4. The molecule has 1 N–H and O–H groups in total. The molecule has 0 aromatic heterocycles. The standard InChI is InChI=1S/C14H25NO5/c1-4-13(16)19-10-7-15-14(17)20-9-6-5-8-18-11-12(2)3/h4,12H,1,5-11H2,2-3H3,(H,15,17). The highest BCUT2D eigenvalue weighted by Gasteiger charge is 2.02. The molecule has 0 aliphatic carbocycles. The first-order valence-corrected chi connectivity index (χ1v) is 6.83. The molecule has 0 saturated heterocycles. The van der Waals surface area contributed by atoms with E-state index >= 15 is 0 Å². The summed E-state index contributed by atoms with van der Waals surface area (Å²) >= 11 is 0. The summed E-state index contributed by atoms with van der Waals surface area (Å²) in [5.41, 5.74) is 0. The van der Waals surface area contributed by atoms with Crippen molar-refractivity contribution >= 4 is 12.1 Å². The molecule has 0 aromatic carbocycles. The Labute approximate surface area is 120 Å². The minimum Gasteiger partial charge on any atom is -0.461 e. The molecule has 0 spiro atoms. The van der Waals surface area contributed by atoms with Crippen LogP contribution in [0.3, 0.4) is 0 Å². The van der Waals surface area contributed by atoms with E-state index in [4.69, 9.17) is 9.47 Å². The van der Waals surface area contributed by atoms with Crippen molar-refractivity contribution in [2.45, 2.75) is 26.7 Å². The van der Waals surface area contributed by atoms with Crippen molar-refractivity contribution in [3.05, 3.63) is 12.7 Å². The zero-order chi connectivity index (χ0) is 15.2. The average molecular weight is 287 g/mol. The smallest absolute Gasteiger partial charge is 0.407 e. The normalized spacial score (nSPS) is 10.2. The van der Waals surface area contributed by atoms with Gasteiger partial charge in [-0.05, 0) is 18.8 Å². The van der Waals surface area contributed by atoms with Gasteiger partial charge in [-0.2, -0.15) is 0 Å². The van der Waals surface area contributed by atoms with Gasteiger partial charge in [0, 0.05) is 19.3 Å². The van der Waals surface area contributed by atoms with E-state index in [0.29, 0.717) is 19.1 Å². The Morgan fingerprint density at radius 2 is 1.85 bits per heavy atom.